The minimum Gasteiger partial charge on any atom is -0.452 e. The summed E-state index contributed by atoms with van der Waals surface area (Å²) in [5, 5.41) is 2.27. The summed E-state index contributed by atoms with van der Waals surface area (Å²) in [6, 6.07) is 3.74. The Bertz CT molecular complexity index is 751. The van der Waals surface area contributed by atoms with E-state index in [9.17, 15) is 18.4 Å². The van der Waals surface area contributed by atoms with Crippen LogP contribution < -0.4 is 5.32 Å². The number of halogens is 4. The highest BCUT2D eigenvalue weighted by molar-refractivity contribution is 6.41. The maximum atomic E-state index is 13.0. The Labute approximate surface area is 139 Å². The number of hydrogen-bond acceptors (Lipinski definition) is 4. The SMILES string of the molecule is O=C(COC(=O)c1cnc(Cl)c(Cl)c1)Nc1cc(F)cc(F)c1. The Morgan fingerprint density at radius 2 is 1.78 bits per heavy atom. The van der Waals surface area contributed by atoms with Gasteiger partial charge in [0.25, 0.3) is 5.91 Å². The van der Waals surface area contributed by atoms with Crippen molar-refractivity contribution in [3.05, 3.63) is 57.8 Å². The summed E-state index contributed by atoms with van der Waals surface area (Å²) in [6.07, 6.45) is 1.14. The summed E-state index contributed by atoms with van der Waals surface area (Å²) in [5.74, 6) is -3.31. The molecular weight excluding hydrogens is 353 g/mol. The first-order valence-corrected chi connectivity index (χ1v) is 6.85. The number of nitrogens with zero attached hydrogens (tertiary/aromatic N) is 1. The molecule has 0 spiro atoms. The predicted octanol–water partition coefficient (Wildman–Crippen LogP) is 3.46. The highest BCUT2D eigenvalue weighted by atomic mass is 35.5. The Hall–Kier alpha value is -2.25. The number of benzene rings is 1. The molecule has 0 unspecified atom stereocenters. The van der Waals surface area contributed by atoms with Gasteiger partial charge >= 0.3 is 5.97 Å². The van der Waals surface area contributed by atoms with E-state index >= 15 is 0 Å². The van der Waals surface area contributed by atoms with Gasteiger partial charge < -0.3 is 10.1 Å². The Kier molecular flexibility index (Phi) is 5.46. The molecule has 9 heteroatoms. The van der Waals surface area contributed by atoms with Crippen LogP contribution in [0.1, 0.15) is 10.4 Å². The molecule has 1 aromatic carbocycles. The number of carbonyl (C=O) groups excluding carboxylic acids is 2. The number of rotatable bonds is 4. The van der Waals surface area contributed by atoms with Crippen molar-refractivity contribution in [1.82, 2.24) is 4.98 Å². The second-order valence-electron chi connectivity index (χ2n) is 4.28. The molecule has 0 saturated heterocycles. The van der Waals surface area contributed by atoms with Crippen LogP contribution >= 0.6 is 23.2 Å². The summed E-state index contributed by atoms with van der Waals surface area (Å²) in [5.41, 5.74) is -0.0937. The Morgan fingerprint density at radius 1 is 1.13 bits per heavy atom. The summed E-state index contributed by atoms with van der Waals surface area (Å²) >= 11 is 11.3. The molecule has 2 rings (SSSR count). The Morgan fingerprint density at radius 3 is 2.39 bits per heavy atom. The number of pyridine rings is 1. The number of carbonyl (C=O) groups is 2. The van der Waals surface area contributed by atoms with Crippen molar-refractivity contribution in [3.63, 3.8) is 0 Å². The molecule has 1 N–H and O–H groups in total. The Balaban J connectivity index is 1.93. The molecule has 0 bridgehead atoms. The van der Waals surface area contributed by atoms with E-state index in [1.54, 1.807) is 0 Å². The first kappa shape index (κ1) is 17.1. The van der Waals surface area contributed by atoms with Gasteiger partial charge in [0.15, 0.2) is 6.61 Å². The molecule has 1 amide bonds. The van der Waals surface area contributed by atoms with E-state index in [1.165, 1.54) is 6.07 Å². The van der Waals surface area contributed by atoms with Crippen LogP contribution in [0.5, 0.6) is 0 Å². The fourth-order valence-corrected chi connectivity index (χ4v) is 1.84. The molecule has 0 aliphatic carbocycles. The zero-order chi connectivity index (χ0) is 17.0. The third kappa shape index (κ3) is 4.87. The summed E-state index contributed by atoms with van der Waals surface area (Å²) in [4.78, 5) is 27.0. The summed E-state index contributed by atoms with van der Waals surface area (Å²) in [7, 11) is 0. The van der Waals surface area contributed by atoms with Gasteiger partial charge in [0.2, 0.25) is 0 Å². The molecule has 0 aliphatic rings. The smallest absolute Gasteiger partial charge is 0.340 e. The van der Waals surface area contributed by atoms with E-state index in [0.717, 1.165) is 18.3 Å². The molecule has 0 fully saturated rings. The molecule has 1 aromatic heterocycles. The van der Waals surface area contributed by atoms with Gasteiger partial charge in [-0.15, -0.1) is 0 Å². The molecule has 23 heavy (non-hydrogen) atoms. The van der Waals surface area contributed by atoms with Gasteiger partial charge in [-0.3, -0.25) is 4.79 Å². The van der Waals surface area contributed by atoms with Crippen LogP contribution in [0.15, 0.2) is 30.5 Å². The topological polar surface area (TPSA) is 68.3 Å². The molecule has 0 aliphatic heterocycles. The lowest BCUT2D eigenvalue weighted by molar-refractivity contribution is -0.119. The van der Waals surface area contributed by atoms with E-state index in [4.69, 9.17) is 27.9 Å². The molecule has 1 heterocycles. The van der Waals surface area contributed by atoms with Crippen LogP contribution in [-0.2, 0) is 9.53 Å². The quantitative estimate of drug-likeness (QED) is 0.669. The van der Waals surface area contributed by atoms with Crippen molar-refractivity contribution in [2.45, 2.75) is 0 Å². The lowest BCUT2D eigenvalue weighted by Gasteiger charge is -2.07. The monoisotopic (exact) mass is 360 g/mol. The molecular formula is C14H8Cl2F2N2O3. The fraction of sp³-hybridized carbons (Fsp3) is 0.0714. The van der Waals surface area contributed by atoms with Gasteiger partial charge in [-0.05, 0) is 18.2 Å². The number of nitrogens with one attached hydrogen (secondary N) is 1. The lowest BCUT2D eigenvalue weighted by atomic mass is 10.3. The highest BCUT2D eigenvalue weighted by Gasteiger charge is 2.13. The average molecular weight is 361 g/mol. The van der Waals surface area contributed by atoms with Crippen LogP contribution in [0.2, 0.25) is 10.2 Å². The molecule has 2 aromatic rings. The van der Waals surface area contributed by atoms with Gasteiger partial charge in [0.1, 0.15) is 16.8 Å². The van der Waals surface area contributed by atoms with Crippen LogP contribution in [0.3, 0.4) is 0 Å². The maximum absolute atomic E-state index is 13.0. The van der Waals surface area contributed by atoms with Gasteiger partial charge in [0.05, 0.1) is 10.6 Å². The largest absolute Gasteiger partial charge is 0.452 e. The van der Waals surface area contributed by atoms with Crippen molar-refractivity contribution in [2.24, 2.45) is 0 Å². The predicted molar refractivity (Wildman–Crippen MR) is 79.5 cm³/mol. The van der Waals surface area contributed by atoms with E-state index in [-0.39, 0.29) is 21.4 Å². The normalized spacial score (nSPS) is 10.3. The van der Waals surface area contributed by atoms with Crippen LogP contribution in [0.25, 0.3) is 0 Å². The lowest BCUT2D eigenvalue weighted by Crippen LogP contribution is -2.21. The van der Waals surface area contributed by atoms with Crippen LogP contribution in [0.4, 0.5) is 14.5 Å². The molecule has 120 valence electrons. The zero-order valence-corrected chi connectivity index (χ0v) is 12.8. The molecule has 0 radical (unpaired) electrons. The standard InChI is InChI=1S/C14H8Cl2F2N2O3/c15-11-1-7(5-19-13(11)16)14(22)23-6-12(21)20-10-3-8(17)2-9(18)4-10/h1-5H,6H2,(H,20,21). The van der Waals surface area contributed by atoms with Gasteiger partial charge in [-0.1, -0.05) is 23.2 Å². The van der Waals surface area contributed by atoms with E-state index in [1.807, 2.05) is 0 Å². The van der Waals surface area contributed by atoms with Gasteiger partial charge in [-0.2, -0.15) is 0 Å². The average Bonchev–Trinajstić information content (AvgIpc) is 2.46. The number of anilines is 1. The zero-order valence-electron chi connectivity index (χ0n) is 11.3. The summed E-state index contributed by atoms with van der Waals surface area (Å²) in [6.45, 7) is -0.656. The number of ether oxygens (including phenoxy) is 1. The minimum atomic E-state index is -0.850. The summed E-state index contributed by atoms with van der Waals surface area (Å²) < 4.78 is 30.7. The van der Waals surface area contributed by atoms with Crippen LogP contribution in [-0.4, -0.2) is 23.5 Å². The fourth-order valence-electron chi connectivity index (χ4n) is 1.57. The number of esters is 1. The number of hydrogen-bond donors (Lipinski definition) is 1. The second-order valence-corrected chi connectivity index (χ2v) is 5.04. The second kappa shape index (κ2) is 7.34. The first-order valence-electron chi connectivity index (χ1n) is 6.09. The number of aromatic nitrogens is 1. The molecule has 0 atom stereocenters. The van der Waals surface area contributed by atoms with E-state index < -0.39 is 30.1 Å². The van der Waals surface area contributed by atoms with Crippen molar-refractivity contribution in [2.75, 3.05) is 11.9 Å². The van der Waals surface area contributed by atoms with E-state index in [0.29, 0.717) is 6.07 Å². The minimum absolute atomic E-state index is 0.00370. The van der Waals surface area contributed by atoms with Gasteiger partial charge in [-0.25, -0.2) is 18.6 Å². The molecule has 0 saturated carbocycles. The third-order valence-electron chi connectivity index (χ3n) is 2.51. The van der Waals surface area contributed by atoms with Crippen molar-refractivity contribution >= 4 is 40.8 Å². The van der Waals surface area contributed by atoms with E-state index in [2.05, 4.69) is 10.3 Å². The van der Waals surface area contributed by atoms with Crippen molar-refractivity contribution < 1.29 is 23.1 Å². The highest BCUT2D eigenvalue weighted by Crippen LogP contribution is 2.20. The first-order chi connectivity index (χ1) is 10.8. The third-order valence-corrected chi connectivity index (χ3v) is 3.20. The van der Waals surface area contributed by atoms with Crippen molar-refractivity contribution in [3.8, 4) is 0 Å². The molecule has 5 nitrogen and oxygen atoms in total. The number of amides is 1. The van der Waals surface area contributed by atoms with Gasteiger partial charge in [0, 0.05) is 18.0 Å². The van der Waals surface area contributed by atoms with Crippen molar-refractivity contribution in [1.29, 1.82) is 0 Å². The van der Waals surface area contributed by atoms with Crippen LogP contribution in [0, 0.1) is 11.6 Å². The maximum Gasteiger partial charge on any atom is 0.340 e.